The molecule has 0 bridgehead atoms. The zero-order chi connectivity index (χ0) is 20.1. The number of Topliss-reactive ketones (excluding diaryl/α,β-unsaturated/α-hetero) is 1. The lowest BCUT2D eigenvalue weighted by atomic mass is 9.88. The first-order valence-corrected chi connectivity index (χ1v) is 10.3. The van der Waals surface area contributed by atoms with Crippen LogP contribution in [0.2, 0.25) is 0 Å². The number of carbonyl (C=O) groups is 1. The van der Waals surface area contributed by atoms with Crippen molar-refractivity contribution < 1.29 is 9.18 Å². The summed E-state index contributed by atoms with van der Waals surface area (Å²) in [5, 5.41) is 0. The molecule has 1 heterocycles. The van der Waals surface area contributed by atoms with Crippen LogP contribution >= 0.6 is 0 Å². The molecule has 3 heteroatoms. The van der Waals surface area contributed by atoms with Gasteiger partial charge in [-0.2, -0.15) is 0 Å². The fraction of sp³-hybridized carbons (Fsp3) is 0.269. The molecule has 1 aliphatic heterocycles. The van der Waals surface area contributed by atoms with Gasteiger partial charge in [-0.15, -0.1) is 0 Å². The van der Waals surface area contributed by atoms with Gasteiger partial charge in [-0.3, -0.25) is 4.79 Å². The fourth-order valence-corrected chi connectivity index (χ4v) is 4.24. The third kappa shape index (κ3) is 4.80. The molecular weight excluding hydrogens is 361 g/mol. The first kappa shape index (κ1) is 19.5. The van der Waals surface area contributed by atoms with Crippen LogP contribution in [0.1, 0.15) is 45.8 Å². The van der Waals surface area contributed by atoms with E-state index in [9.17, 15) is 9.18 Å². The van der Waals surface area contributed by atoms with Crippen LogP contribution in [0.4, 0.5) is 4.39 Å². The SMILES string of the molecule is O=C(CCCN1CCc2ccccc2[C@H](c2ccccc2)C1)c1ccc(F)cc1. The fourth-order valence-electron chi connectivity index (χ4n) is 4.24. The summed E-state index contributed by atoms with van der Waals surface area (Å²) < 4.78 is 13.1. The van der Waals surface area contributed by atoms with Crippen LogP contribution in [0.25, 0.3) is 0 Å². The summed E-state index contributed by atoms with van der Waals surface area (Å²) in [7, 11) is 0. The van der Waals surface area contributed by atoms with Crippen molar-refractivity contribution in [3.8, 4) is 0 Å². The Balaban J connectivity index is 1.42. The average Bonchev–Trinajstić information content (AvgIpc) is 2.95. The number of nitrogens with zero attached hydrogens (tertiary/aromatic N) is 1. The Kier molecular flexibility index (Phi) is 6.16. The first-order valence-electron chi connectivity index (χ1n) is 10.3. The molecule has 0 unspecified atom stereocenters. The van der Waals surface area contributed by atoms with E-state index in [0.717, 1.165) is 32.5 Å². The third-order valence-corrected chi connectivity index (χ3v) is 5.81. The normalized spacial score (nSPS) is 16.8. The Morgan fingerprint density at radius 3 is 2.45 bits per heavy atom. The van der Waals surface area contributed by atoms with Crippen molar-refractivity contribution in [2.45, 2.75) is 25.2 Å². The van der Waals surface area contributed by atoms with Crippen molar-refractivity contribution in [3.05, 3.63) is 107 Å². The van der Waals surface area contributed by atoms with E-state index in [0.29, 0.717) is 17.9 Å². The summed E-state index contributed by atoms with van der Waals surface area (Å²) in [6.07, 6.45) is 2.34. The molecule has 3 aromatic rings. The minimum absolute atomic E-state index is 0.0858. The first-order chi connectivity index (χ1) is 14.2. The summed E-state index contributed by atoms with van der Waals surface area (Å²) in [6.45, 7) is 2.86. The number of hydrogen-bond acceptors (Lipinski definition) is 2. The molecule has 148 valence electrons. The van der Waals surface area contributed by atoms with Crippen LogP contribution in [0, 0.1) is 5.82 Å². The standard InChI is InChI=1S/C26H26FNO/c27-23-14-12-22(13-15-23)26(29)11-6-17-28-18-16-21-9-4-5-10-24(21)25(19-28)20-7-2-1-3-8-20/h1-5,7-10,12-15,25H,6,11,16-19H2/t25-/m0/s1. The van der Waals surface area contributed by atoms with Crippen LogP contribution < -0.4 is 0 Å². The summed E-state index contributed by atoms with van der Waals surface area (Å²) in [6, 6.07) is 25.3. The molecule has 4 rings (SSSR count). The number of hydrogen-bond donors (Lipinski definition) is 0. The molecule has 1 atom stereocenters. The Hall–Kier alpha value is -2.78. The highest BCUT2D eigenvalue weighted by Gasteiger charge is 2.24. The molecule has 2 nitrogen and oxygen atoms in total. The Morgan fingerprint density at radius 2 is 1.66 bits per heavy atom. The van der Waals surface area contributed by atoms with Gasteiger partial charge in [-0.25, -0.2) is 4.39 Å². The van der Waals surface area contributed by atoms with Gasteiger partial charge in [-0.1, -0.05) is 54.6 Å². The van der Waals surface area contributed by atoms with Crippen molar-refractivity contribution >= 4 is 5.78 Å². The Bertz CT molecular complexity index is 952. The lowest BCUT2D eigenvalue weighted by Crippen LogP contribution is -2.30. The number of carbonyl (C=O) groups excluding carboxylic acids is 1. The van der Waals surface area contributed by atoms with Gasteiger partial charge in [0, 0.05) is 31.0 Å². The zero-order valence-electron chi connectivity index (χ0n) is 16.6. The number of ketones is 1. The van der Waals surface area contributed by atoms with Gasteiger partial charge >= 0.3 is 0 Å². The van der Waals surface area contributed by atoms with Crippen LogP contribution in [0.3, 0.4) is 0 Å². The van der Waals surface area contributed by atoms with Crippen LogP contribution in [0.15, 0.2) is 78.9 Å². The van der Waals surface area contributed by atoms with E-state index in [4.69, 9.17) is 0 Å². The second-order valence-corrected chi connectivity index (χ2v) is 7.75. The van der Waals surface area contributed by atoms with Gasteiger partial charge in [0.25, 0.3) is 0 Å². The van der Waals surface area contributed by atoms with Crippen molar-refractivity contribution in [1.82, 2.24) is 4.90 Å². The quantitative estimate of drug-likeness (QED) is 0.522. The summed E-state index contributed by atoms with van der Waals surface area (Å²) in [4.78, 5) is 14.9. The maximum Gasteiger partial charge on any atom is 0.162 e. The van der Waals surface area contributed by atoms with E-state index in [1.807, 2.05) is 0 Å². The maximum atomic E-state index is 13.1. The van der Waals surface area contributed by atoms with E-state index in [1.54, 1.807) is 12.1 Å². The number of rotatable bonds is 6. The minimum Gasteiger partial charge on any atom is -0.302 e. The molecule has 0 saturated carbocycles. The predicted molar refractivity (Wildman–Crippen MR) is 115 cm³/mol. The summed E-state index contributed by atoms with van der Waals surface area (Å²) in [5.74, 6) is 0.128. The lowest BCUT2D eigenvalue weighted by Gasteiger charge is -2.25. The zero-order valence-corrected chi connectivity index (χ0v) is 16.6. The molecule has 0 spiro atoms. The number of benzene rings is 3. The number of halogens is 1. The monoisotopic (exact) mass is 387 g/mol. The van der Waals surface area contributed by atoms with Gasteiger partial charge in [0.1, 0.15) is 5.82 Å². The highest BCUT2D eigenvalue weighted by Crippen LogP contribution is 2.31. The summed E-state index contributed by atoms with van der Waals surface area (Å²) >= 11 is 0. The largest absolute Gasteiger partial charge is 0.302 e. The Labute approximate surface area is 172 Å². The second-order valence-electron chi connectivity index (χ2n) is 7.75. The molecule has 0 aliphatic carbocycles. The molecule has 0 fully saturated rings. The van der Waals surface area contributed by atoms with Gasteiger partial charge in [0.2, 0.25) is 0 Å². The van der Waals surface area contributed by atoms with E-state index in [1.165, 1.54) is 28.8 Å². The molecule has 0 N–H and O–H groups in total. The van der Waals surface area contributed by atoms with Gasteiger partial charge in [-0.05, 0) is 60.3 Å². The molecule has 0 amide bonds. The second kappa shape index (κ2) is 9.15. The Morgan fingerprint density at radius 1 is 0.931 bits per heavy atom. The highest BCUT2D eigenvalue weighted by molar-refractivity contribution is 5.95. The molecule has 1 aliphatic rings. The van der Waals surface area contributed by atoms with Crippen molar-refractivity contribution in [2.75, 3.05) is 19.6 Å². The smallest absolute Gasteiger partial charge is 0.162 e. The van der Waals surface area contributed by atoms with E-state index < -0.39 is 0 Å². The van der Waals surface area contributed by atoms with Gasteiger partial charge in [0.15, 0.2) is 5.78 Å². The van der Waals surface area contributed by atoms with Crippen molar-refractivity contribution in [1.29, 1.82) is 0 Å². The molecule has 0 radical (unpaired) electrons. The number of fused-ring (bicyclic) bond motifs is 1. The van der Waals surface area contributed by atoms with Gasteiger partial charge in [0.05, 0.1) is 0 Å². The van der Waals surface area contributed by atoms with E-state index in [2.05, 4.69) is 59.5 Å². The third-order valence-electron chi connectivity index (χ3n) is 5.81. The summed E-state index contributed by atoms with van der Waals surface area (Å²) in [5.41, 5.74) is 4.78. The molecule has 0 aromatic heterocycles. The lowest BCUT2D eigenvalue weighted by molar-refractivity contribution is 0.0974. The van der Waals surface area contributed by atoms with Crippen LogP contribution in [0.5, 0.6) is 0 Å². The van der Waals surface area contributed by atoms with Gasteiger partial charge < -0.3 is 4.90 Å². The molecular formula is C26H26FNO. The maximum absolute atomic E-state index is 13.1. The molecule has 29 heavy (non-hydrogen) atoms. The van der Waals surface area contributed by atoms with Crippen LogP contribution in [-0.2, 0) is 6.42 Å². The minimum atomic E-state index is -0.308. The highest BCUT2D eigenvalue weighted by atomic mass is 19.1. The molecule has 0 saturated heterocycles. The van der Waals surface area contributed by atoms with E-state index >= 15 is 0 Å². The average molecular weight is 387 g/mol. The van der Waals surface area contributed by atoms with Crippen LogP contribution in [-0.4, -0.2) is 30.3 Å². The topological polar surface area (TPSA) is 20.3 Å². The van der Waals surface area contributed by atoms with E-state index in [-0.39, 0.29) is 11.6 Å². The molecule has 3 aromatic carbocycles. The van der Waals surface area contributed by atoms with Crippen molar-refractivity contribution in [3.63, 3.8) is 0 Å². The predicted octanol–water partition coefficient (Wildman–Crippen LogP) is 5.48. The van der Waals surface area contributed by atoms with Crippen molar-refractivity contribution in [2.24, 2.45) is 0 Å².